The number of ether oxygens (including phenoxy) is 1. The van der Waals surface area contributed by atoms with Crippen molar-refractivity contribution in [3.8, 4) is 0 Å². The van der Waals surface area contributed by atoms with Gasteiger partial charge in [0, 0.05) is 11.6 Å². The van der Waals surface area contributed by atoms with Crippen LogP contribution in [-0.4, -0.2) is 16.4 Å². The van der Waals surface area contributed by atoms with Crippen LogP contribution in [-0.2, 0) is 4.74 Å². The van der Waals surface area contributed by atoms with Crippen LogP contribution in [0, 0.1) is 0 Å². The summed E-state index contributed by atoms with van der Waals surface area (Å²) in [5.74, 6) is 0. The molecule has 0 aromatic carbocycles. The highest BCUT2D eigenvalue weighted by atomic mass is 79.9. The standard InChI is InChI=1S/C7H10BrClO2/c8-5-3-1-2-4-6(5)11-7(9)10/h5-6H,1-4H2. The van der Waals surface area contributed by atoms with Crippen LogP contribution < -0.4 is 0 Å². The highest BCUT2D eigenvalue weighted by Gasteiger charge is 2.25. The third kappa shape index (κ3) is 2.99. The van der Waals surface area contributed by atoms with E-state index in [1.807, 2.05) is 0 Å². The van der Waals surface area contributed by atoms with E-state index in [-0.39, 0.29) is 6.10 Å². The van der Waals surface area contributed by atoms with Gasteiger partial charge in [-0.05, 0) is 19.3 Å². The first kappa shape index (κ1) is 9.33. The van der Waals surface area contributed by atoms with Gasteiger partial charge in [0.15, 0.2) is 0 Å². The van der Waals surface area contributed by atoms with Gasteiger partial charge in [-0.1, -0.05) is 22.4 Å². The predicted octanol–water partition coefficient (Wildman–Crippen LogP) is 3.07. The third-order valence-electron chi connectivity index (χ3n) is 1.87. The van der Waals surface area contributed by atoms with Crippen LogP contribution in [0.2, 0.25) is 0 Å². The molecule has 4 heteroatoms. The maximum atomic E-state index is 10.4. The van der Waals surface area contributed by atoms with E-state index in [0.29, 0.717) is 4.83 Å². The van der Waals surface area contributed by atoms with Gasteiger partial charge in [0.05, 0.1) is 4.83 Å². The molecule has 1 saturated carbocycles. The fourth-order valence-corrected chi connectivity index (χ4v) is 2.11. The van der Waals surface area contributed by atoms with Gasteiger partial charge in [-0.25, -0.2) is 4.79 Å². The van der Waals surface area contributed by atoms with Crippen LogP contribution in [0.4, 0.5) is 4.79 Å². The van der Waals surface area contributed by atoms with Crippen molar-refractivity contribution >= 4 is 33.0 Å². The number of carbonyl (C=O) groups is 1. The summed E-state index contributed by atoms with van der Waals surface area (Å²) in [7, 11) is 0. The van der Waals surface area contributed by atoms with Gasteiger partial charge >= 0.3 is 5.43 Å². The Morgan fingerprint density at radius 1 is 1.45 bits per heavy atom. The van der Waals surface area contributed by atoms with Gasteiger partial charge < -0.3 is 4.74 Å². The molecule has 2 atom stereocenters. The molecule has 2 nitrogen and oxygen atoms in total. The zero-order chi connectivity index (χ0) is 8.27. The summed E-state index contributed by atoms with van der Waals surface area (Å²) in [5.41, 5.74) is -0.693. The van der Waals surface area contributed by atoms with E-state index < -0.39 is 5.43 Å². The predicted molar refractivity (Wildman–Crippen MR) is 47.3 cm³/mol. The van der Waals surface area contributed by atoms with E-state index in [0.717, 1.165) is 19.3 Å². The minimum absolute atomic E-state index is 0.0197. The Kier molecular flexibility index (Phi) is 3.66. The molecular weight excluding hydrogens is 231 g/mol. The smallest absolute Gasteiger partial charge is 0.404 e. The van der Waals surface area contributed by atoms with E-state index in [1.54, 1.807) is 0 Å². The Balaban J connectivity index is 2.35. The monoisotopic (exact) mass is 240 g/mol. The first-order valence-electron chi connectivity index (χ1n) is 3.70. The molecule has 2 unspecified atom stereocenters. The van der Waals surface area contributed by atoms with Crippen molar-refractivity contribution in [2.45, 2.75) is 36.6 Å². The largest absolute Gasteiger partial charge is 0.449 e. The maximum absolute atomic E-state index is 10.4. The fraction of sp³-hybridized carbons (Fsp3) is 0.857. The van der Waals surface area contributed by atoms with Gasteiger partial charge in [0.25, 0.3) is 0 Å². The van der Waals surface area contributed by atoms with Crippen molar-refractivity contribution in [3.63, 3.8) is 0 Å². The van der Waals surface area contributed by atoms with Crippen molar-refractivity contribution in [2.75, 3.05) is 0 Å². The Labute approximate surface area is 79.4 Å². The lowest BCUT2D eigenvalue weighted by molar-refractivity contribution is 0.101. The van der Waals surface area contributed by atoms with Crippen molar-refractivity contribution < 1.29 is 9.53 Å². The number of alkyl halides is 1. The van der Waals surface area contributed by atoms with Crippen LogP contribution in [0.15, 0.2) is 0 Å². The van der Waals surface area contributed by atoms with Crippen molar-refractivity contribution in [1.29, 1.82) is 0 Å². The Morgan fingerprint density at radius 3 is 2.64 bits per heavy atom. The Hall–Kier alpha value is 0.240. The first-order chi connectivity index (χ1) is 5.20. The molecule has 0 aliphatic heterocycles. The molecule has 0 spiro atoms. The van der Waals surface area contributed by atoms with Gasteiger partial charge in [-0.2, -0.15) is 0 Å². The molecule has 0 saturated heterocycles. The summed E-state index contributed by atoms with van der Waals surface area (Å²) in [5, 5.41) is 0. The van der Waals surface area contributed by atoms with Crippen LogP contribution >= 0.6 is 27.5 Å². The third-order valence-corrected chi connectivity index (χ3v) is 3.00. The SMILES string of the molecule is O=C(Cl)OC1CCCCC1Br. The van der Waals surface area contributed by atoms with Crippen LogP contribution in [0.5, 0.6) is 0 Å². The molecule has 0 amide bonds. The highest BCUT2D eigenvalue weighted by molar-refractivity contribution is 9.09. The summed E-state index contributed by atoms with van der Waals surface area (Å²) < 4.78 is 4.88. The molecule has 0 aromatic heterocycles. The average molecular weight is 242 g/mol. The van der Waals surface area contributed by atoms with E-state index in [2.05, 4.69) is 15.9 Å². The van der Waals surface area contributed by atoms with E-state index in [9.17, 15) is 4.79 Å². The molecule has 1 aliphatic carbocycles. The lowest BCUT2D eigenvalue weighted by Gasteiger charge is -2.25. The molecule has 11 heavy (non-hydrogen) atoms. The minimum atomic E-state index is -0.693. The first-order valence-corrected chi connectivity index (χ1v) is 4.99. The maximum Gasteiger partial charge on any atom is 0.404 e. The molecule has 0 radical (unpaired) electrons. The lowest BCUT2D eigenvalue weighted by Crippen LogP contribution is -2.28. The zero-order valence-electron chi connectivity index (χ0n) is 6.06. The second-order valence-corrected chi connectivity index (χ2v) is 4.18. The normalized spacial score (nSPS) is 31.5. The van der Waals surface area contributed by atoms with Crippen molar-refractivity contribution in [1.82, 2.24) is 0 Å². The molecule has 1 fully saturated rings. The van der Waals surface area contributed by atoms with E-state index in [4.69, 9.17) is 16.3 Å². The molecule has 64 valence electrons. The Morgan fingerprint density at radius 2 is 2.09 bits per heavy atom. The van der Waals surface area contributed by atoms with E-state index in [1.165, 1.54) is 6.42 Å². The number of hydrogen-bond donors (Lipinski definition) is 0. The number of rotatable bonds is 1. The van der Waals surface area contributed by atoms with Gasteiger partial charge in [0.1, 0.15) is 6.10 Å². The summed E-state index contributed by atoms with van der Waals surface area (Å²) in [4.78, 5) is 10.7. The highest BCUT2D eigenvalue weighted by Crippen LogP contribution is 2.27. The summed E-state index contributed by atoms with van der Waals surface area (Å²) >= 11 is 8.54. The molecule has 0 bridgehead atoms. The van der Waals surface area contributed by atoms with Crippen LogP contribution in [0.3, 0.4) is 0 Å². The zero-order valence-corrected chi connectivity index (χ0v) is 8.40. The minimum Gasteiger partial charge on any atom is -0.449 e. The second-order valence-electron chi connectivity index (χ2n) is 2.69. The number of hydrogen-bond acceptors (Lipinski definition) is 2. The molecular formula is C7H10BrClO2. The van der Waals surface area contributed by atoms with E-state index >= 15 is 0 Å². The topological polar surface area (TPSA) is 26.3 Å². The second kappa shape index (κ2) is 4.31. The summed E-state index contributed by atoms with van der Waals surface area (Å²) in [6, 6.07) is 0. The van der Waals surface area contributed by atoms with Gasteiger partial charge in [-0.15, -0.1) is 0 Å². The van der Waals surface area contributed by atoms with Crippen molar-refractivity contribution in [3.05, 3.63) is 0 Å². The molecule has 0 N–H and O–H groups in total. The molecule has 1 rings (SSSR count). The quantitative estimate of drug-likeness (QED) is 0.521. The number of halogens is 2. The lowest BCUT2D eigenvalue weighted by atomic mass is 9.98. The number of carbonyl (C=O) groups excluding carboxylic acids is 1. The summed E-state index contributed by atoms with van der Waals surface area (Å²) in [6.45, 7) is 0. The molecule has 1 aliphatic rings. The Bertz CT molecular complexity index is 151. The molecule has 0 heterocycles. The van der Waals surface area contributed by atoms with Crippen LogP contribution in [0.25, 0.3) is 0 Å². The van der Waals surface area contributed by atoms with Gasteiger partial charge in [-0.3, -0.25) is 0 Å². The van der Waals surface area contributed by atoms with Gasteiger partial charge in [0.2, 0.25) is 0 Å². The summed E-state index contributed by atoms with van der Waals surface area (Å²) in [6.07, 6.45) is 4.29. The average Bonchev–Trinajstić information content (AvgIpc) is 1.93. The van der Waals surface area contributed by atoms with Crippen molar-refractivity contribution in [2.24, 2.45) is 0 Å². The molecule has 0 aromatic rings. The van der Waals surface area contributed by atoms with Crippen LogP contribution in [0.1, 0.15) is 25.7 Å². The fourth-order valence-electron chi connectivity index (χ4n) is 1.30.